The van der Waals surface area contributed by atoms with E-state index >= 15 is 0 Å². The number of benzene rings is 3. The zero-order chi connectivity index (χ0) is 17.3. The maximum atomic E-state index is 13.3. The molecule has 0 N–H and O–H groups in total. The predicted octanol–water partition coefficient (Wildman–Crippen LogP) is 4.32. The van der Waals surface area contributed by atoms with Gasteiger partial charge in [0.05, 0.1) is 0 Å². The molecule has 3 nitrogen and oxygen atoms in total. The Morgan fingerprint density at radius 1 is 0.800 bits per heavy atom. The van der Waals surface area contributed by atoms with Gasteiger partial charge in [0.2, 0.25) is 0 Å². The number of carbonyl (C=O) groups excluding carboxylic acids is 1. The minimum Gasteiger partial charge on any atom is -0.361 e. The Kier molecular flexibility index (Phi) is 3.86. The molecule has 0 bridgehead atoms. The molecule has 0 aromatic heterocycles. The largest absolute Gasteiger partial charge is 0.361 e. The summed E-state index contributed by atoms with van der Waals surface area (Å²) in [4.78, 5) is 15.1. The summed E-state index contributed by atoms with van der Waals surface area (Å²) in [5.74, 6) is -0.0405. The molecule has 3 aromatic carbocycles. The summed E-state index contributed by atoms with van der Waals surface area (Å²) in [6.07, 6.45) is 0. The zero-order valence-corrected chi connectivity index (χ0v) is 14.0. The molecule has 1 aliphatic rings. The molecule has 0 saturated carbocycles. The van der Waals surface area contributed by atoms with Gasteiger partial charge in [0.15, 0.2) is 5.60 Å². The lowest BCUT2D eigenvalue weighted by atomic mass is 9.72. The predicted molar refractivity (Wildman–Crippen MR) is 98.2 cm³/mol. The first-order valence-electron chi connectivity index (χ1n) is 8.33. The fourth-order valence-electron chi connectivity index (χ4n) is 3.69. The number of carbonyl (C=O) groups is 1. The molecular weight excluding hydrogens is 310 g/mol. The van der Waals surface area contributed by atoms with Crippen LogP contribution < -0.4 is 4.90 Å². The van der Waals surface area contributed by atoms with E-state index < -0.39 is 5.60 Å². The number of rotatable bonds is 4. The van der Waals surface area contributed by atoms with E-state index in [0.29, 0.717) is 0 Å². The number of methoxy groups -OCH3 is 1. The van der Waals surface area contributed by atoms with Gasteiger partial charge in [0.25, 0.3) is 5.91 Å². The summed E-state index contributed by atoms with van der Waals surface area (Å²) < 4.78 is 5.90. The Labute approximate surface area is 147 Å². The Morgan fingerprint density at radius 2 is 1.32 bits per heavy atom. The Balaban J connectivity index is 1.88. The number of nitrogens with zero attached hydrogens (tertiary/aromatic N) is 1. The first-order valence-corrected chi connectivity index (χ1v) is 8.33. The topological polar surface area (TPSA) is 29.5 Å². The summed E-state index contributed by atoms with van der Waals surface area (Å²) in [7, 11) is 1.61. The molecule has 2 atom stereocenters. The van der Waals surface area contributed by atoms with Crippen LogP contribution in [0.25, 0.3) is 0 Å². The molecule has 1 amide bonds. The van der Waals surface area contributed by atoms with Gasteiger partial charge in [-0.1, -0.05) is 78.9 Å². The van der Waals surface area contributed by atoms with Crippen LogP contribution >= 0.6 is 0 Å². The third-order valence-corrected chi connectivity index (χ3v) is 4.85. The second kappa shape index (κ2) is 6.19. The van der Waals surface area contributed by atoms with Gasteiger partial charge in [-0.3, -0.25) is 9.69 Å². The van der Waals surface area contributed by atoms with Crippen molar-refractivity contribution in [2.75, 3.05) is 12.0 Å². The van der Waals surface area contributed by atoms with Gasteiger partial charge in [-0.2, -0.15) is 0 Å². The second-order valence-corrected chi connectivity index (χ2v) is 6.13. The van der Waals surface area contributed by atoms with Crippen molar-refractivity contribution in [1.82, 2.24) is 0 Å². The molecule has 25 heavy (non-hydrogen) atoms. The monoisotopic (exact) mass is 329 g/mol. The quantitative estimate of drug-likeness (QED) is 0.667. The van der Waals surface area contributed by atoms with Gasteiger partial charge < -0.3 is 4.74 Å². The van der Waals surface area contributed by atoms with E-state index in [1.165, 1.54) is 0 Å². The van der Waals surface area contributed by atoms with E-state index in [1.807, 2.05) is 95.9 Å². The van der Waals surface area contributed by atoms with Crippen LogP contribution in [-0.2, 0) is 15.1 Å². The summed E-state index contributed by atoms with van der Waals surface area (Å²) in [5.41, 5.74) is 1.81. The molecule has 4 rings (SSSR count). The molecule has 0 spiro atoms. The second-order valence-electron chi connectivity index (χ2n) is 6.13. The fourth-order valence-corrected chi connectivity index (χ4v) is 3.69. The Bertz CT molecular complexity index is 864. The van der Waals surface area contributed by atoms with Crippen molar-refractivity contribution in [3.8, 4) is 0 Å². The van der Waals surface area contributed by atoms with E-state index in [9.17, 15) is 4.79 Å². The number of β-lactam (4-membered cyclic amide) rings is 1. The molecular formula is C22H19NO2. The first kappa shape index (κ1) is 15.6. The number of hydrogen-bond acceptors (Lipinski definition) is 2. The molecule has 124 valence electrons. The number of anilines is 1. The van der Waals surface area contributed by atoms with E-state index in [1.54, 1.807) is 7.11 Å². The number of para-hydroxylation sites is 1. The lowest BCUT2D eigenvalue weighted by Crippen LogP contribution is -2.67. The van der Waals surface area contributed by atoms with Crippen molar-refractivity contribution in [1.29, 1.82) is 0 Å². The maximum Gasteiger partial charge on any atom is 0.267 e. The molecule has 0 radical (unpaired) electrons. The van der Waals surface area contributed by atoms with Crippen LogP contribution in [0.2, 0.25) is 0 Å². The van der Waals surface area contributed by atoms with Gasteiger partial charge in [-0.15, -0.1) is 0 Å². The normalized spacial score (nSPS) is 22.5. The van der Waals surface area contributed by atoms with Gasteiger partial charge in [0, 0.05) is 12.8 Å². The number of hydrogen-bond donors (Lipinski definition) is 0. The molecule has 1 heterocycles. The van der Waals surface area contributed by atoms with Crippen LogP contribution in [0, 0.1) is 0 Å². The van der Waals surface area contributed by atoms with Crippen molar-refractivity contribution < 1.29 is 9.53 Å². The molecule has 1 fully saturated rings. The first-order chi connectivity index (χ1) is 12.3. The maximum absolute atomic E-state index is 13.3. The van der Waals surface area contributed by atoms with E-state index in [2.05, 4.69) is 0 Å². The average molecular weight is 329 g/mol. The van der Waals surface area contributed by atoms with Gasteiger partial charge >= 0.3 is 0 Å². The minimum absolute atomic E-state index is 0.0405. The van der Waals surface area contributed by atoms with Crippen LogP contribution in [0.3, 0.4) is 0 Å². The highest BCUT2D eigenvalue weighted by atomic mass is 16.5. The van der Waals surface area contributed by atoms with Gasteiger partial charge in [-0.05, 0) is 23.3 Å². The van der Waals surface area contributed by atoms with E-state index in [0.717, 1.165) is 16.8 Å². The van der Waals surface area contributed by atoms with E-state index in [4.69, 9.17) is 4.74 Å². The molecule has 0 unspecified atom stereocenters. The van der Waals surface area contributed by atoms with Crippen LogP contribution in [0.15, 0.2) is 91.0 Å². The fraction of sp³-hybridized carbons (Fsp3) is 0.136. The highest BCUT2D eigenvalue weighted by Gasteiger charge is 2.63. The summed E-state index contributed by atoms with van der Waals surface area (Å²) >= 11 is 0. The third-order valence-electron chi connectivity index (χ3n) is 4.85. The zero-order valence-electron chi connectivity index (χ0n) is 14.0. The van der Waals surface area contributed by atoms with Gasteiger partial charge in [-0.25, -0.2) is 0 Å². The van der Waals surface area contributed by atoms with Crippen molar-refractivity contribution in [3.63, 3.8) is 0 Å². The summed E-state index contributed by atoms with van der Waals surface area (Å²) in [6.45, 7) is 0. The van der Waals surface area contributed by atoms with Crippen LogP contribution in [0.1, 0.15) is 17.2 Å². The smallest absolute Gasteiger partial charge is 0.267 e. The standard InChI is InChI=1S/C22H19NO2/c1-25-22(18-13-7-3-8-14-18)20(17-11-5-2-6-12-17)23(21(22)24)19-15-9-4-10-16-19/h2-16,20H,1H3/t20-,22+/m0/s1. The Hall–Kier alpha value is -2.91. The number of ether oxygens (including phenoxy) is 1. The van der Waals surface area contributed by atoms with E-state index in [-0.39, 0.29) is 11.9 Å². The molecule has 1 aliphatic heterocycles. The van der Waals surface area contributed by atoms with Crippen LogP contribution in [0.4, 0.5) is 5.69 Å². The van der Waals surface area contributed by atoms with Crippen molar-refractivity contribution in [2.45, 2.75) is 11.6 Å². The highest BCUT2D eigenvalue weighted by molar-refractivity contribution is 6.09. The van der Waals surface area contributed by atoms with Crippen molar-refractivity contribution in [2.24, 2.45) is 0 Å². The Morgan fingerprint density at radius 3 is 1.88 bits per heavy atom. The van der Waals surface area contributed by atoms with Crippen molar-refractivity contribution in [3.05, 3.63) is 102 Å². The van der Waals surface area contributed by atoms with Gasteiger partial charge in [0.1, 0.15) is 6.04 Å². The molecule has 3 aromatic rings. The van der Waals surface area contributed by atoms with Crippen LogP contribution in [0.5, 0.6) is 0 Å². The average Bonchev–Trinajstić information content (AvgIpc) is 2.69. The lowest BCUT2D eigenvalue weighted by molar-refractivity contribution is -0.161. The number of amides is 1. The van der Waals surface area contributed by atoms with Crippen molar-refractivity contribution >= 4 is 11.6 Å². The summed E-state index contributed by atoms with van der Waals surface area (Å²) in [5, 5.41) is 0. The lowest BCUT2D eigenvalue weighted by Gasteiger charge is -2.55. The highest BCUT2D eigenvalue weighted by Crippen LogP contribution is 2.53. The molecule has 3 heteroatoms. The molecule has 1 saturated heterocycles. The minimum atomic E-state index is -1.00. The van der Waals surface area contributed by atoms with Crippen LogP contribution in [-0.4, -0.2) is 13.0 Å². The molecule has 0 aliphatic carbocycles. The third kappa shape index (κ3) is 2.28. The summed E-state index contributed by atoms with van der Waals surface area (Å²) in [6, 6.07) is 29.3. The SMILES string of the molecule is CO[C@@]1(c2ccccc2)C(=O)N(c2ccccc2)[C@H]1c1ccccc1.